The van der Waals surface area contributed by atoms with Crippen molar-refractivity contribution in [1.29, 1.82) is 0 Å². The van der Waals surface area contributed by atoms with Gasteiger partial charge in [0.05, 0.1) is 18.7 Å². The highest BCUT2D eigenvalue weighted by Gasteiger charge is 2.24. The molecule has 0 amide bonds. The third-order valence-electron chi connectivity index (χ3n) is 2.66. The molecular weight excluding hydrogens is 226 g/mol. The third kappa shape index (κ3) is 7.18. The highest BCUT2D eigenvalue weighted by molar-refractivity contribution is 5.80. The molecule has 0 saturated heterocycles. The molecule has 4 nitrogen and oxygen atoms in total. The maximum absolute atomic E-state index is 10.5. The SMILES string of the molecule is C#CCNC(=NCC(O)(CCC)CCC)NCC. The normalized spacial score (nSPS) is 12.1. The monoisotopic (exact) mass is 253 g/mol. The zero-order valence-electron chi connectivity index (χ0n) is 11.9. The molecule has 0 aromatic carbocycles. The summed E-state index contributed by atoms with van der Waals surface area (Å²) in [5.74, 6) is 3.18. The molecule has 0 unspecified atom stereocenters. The van der Waals surface area contributed by atoms with Crippen LogP contribution in [-0.4, -0.2) is 36.3 Å². The number of terminal acetylenes is 1. The van der Waals surface area contributed by atoms with Gasteiger partial charge in [-0.25, -0.2) is 0 Å². The number of aliphatic hydroxyl groups is 1. The third-order valence-corrected chi connectivity index (χ3v) is 2.66. The fourth-order valence-corrected chi connectivity index (χ4v) is 1.92. The van der Waals surface area contributed by atoms with Gasteiger partial charge >= 0.3 is 0 Å². The minimum atomic E-state index is -0.692. The molecule has 0 aromatic rings. The lowest BCUT2D eigenvalue weighted by Crippen LogP contribution is -2.40. The van der Waals surface area contributed by atoms with Crippen molar-refractivity contribution in [1.82, 2.24) is 10.6 Å². The second-order valence-corrected chi connectivity index (χ2v) is 4.48. The van der Waals surface area contributed by atoms with Gasteiger partial charge < -0.3 is 15.7 Å². The van der Waals surface area contributed by atoms with Crippen molar-refractivity contribution in [2.45, 2.75) is 52.1 Å². The number of hydrogen-bond donors (Lipinski definition) is 3. The van der Waals surface area contributed by atoms with Gasteiger partial charge in [0.2, 0.25) is 0 Å². The lowest BCUT2D eigenvalue weighted by molar-refractivity contribution is 0.0306. The Bertz CT molecular complexity index is 275. The summed E-state index contributed by atoms with van der Waals surface area (Å²) in [5.41, 5.74) is -0.692. The molecule has 0 heterocycles. The van der Waals surface area contributed by atoms with Crippen molar-refractivity contribution in [2.24, 2.45) is 4.99 Å². The van der Waals surface area contributed by atoms with Crippen LogP contribution in [0.25, 0.3) is 0 Å². The largest absolute Gasteiger partial charge is 0.388 e. The van der Waals surface area contributed by atoms with E-state index in [-0.39, 0.29) is 0 Å². The summed E-state index contributed by atoms with van der Waals surface area (Å²) < 4.78 is 0. The van der Waals surface area contributed by atoms with Gasteiger partial charge in [0.15, 0.2) is 5.96 Å². The molecule has 0 aliphatic heterocycles. The van der Waals surface area contributed by atoms with Crippen LogP contribution in [0.1, 0.15) is 46.5 Å². The molecule has 0 atom stereocenters. The van der Waals surface area contributed by atoms with Crippen LogP contribution in [0.15, 0.2) is 4.99 Å². The maximum Gasteiger partial charge on any atom is 0.192 e. The molecule has 0 saturated carbocycles. The lowest BCUT2D eigenvalue weighted by Gasteiger charge is -2.26. The summed E-state index contributed by atoms with van der Waals surface area (Å²) in [7, 11) is 0. The Morgan fingerprint density at radius 2 is 1.83 bits per heavy atom. The molecule has 0 aliphatic carbocycles. The van der Waals surface area contributed by atoms with Gasteiger partial charge in [-0.3, -0.25) is 4.99 Å². The topological polar surface area (TPSA) is 56.7 Å². The molecule has 104 valence electrons. The number of nitrogens with zero attached hydrogens (tertiary/aromatic N) is 1. The van der Waals surface area contributed by atoms with Gasteiger partial charge in [-0.2, -0.15) is 0 Å². The Balaban J connectivity index is 4.52. The van der Waals surface area contributed by atoms with Crippen molar-refractivity contribution in [3.8, 4) is 12.3 Å². The van der Waals surface area contributed by atoms with Gasteiger partial charge in [-0.05, 0) is 19.8 Å². The summed E-state index contributed by atoms with van der Waals surface area (Å²) >= 11 is 0. The minimum absolute atomic E-state index is 0.411. The Morgan fingerprint density at radius 3 is 2.28 bits per heavy atom. The van der Waals surface area contributed by atoms with Crippen LogP contribution >= 0.6 is 0 Å². The van der Waals surface area contributed by atoms with E-state index in [1.807, 2.05) is 6.92 Å². The van der Waals surface area contributed by atoms with Crippen molar-refractivity contribution in [3.05, 3.63) is 0 Å². The van der Waals surface area contributed by atoms with Crippen LogP contribution < -0.4 is 10.6 Å². The van der Waals surface area contributed by atoms with Crippen LogP contribution in [0.4, 0.5) is 0 Å². The van der Waals surface area contributed by atoms with Crippen LogP contribution in [-0.2, 0) is 0 Å². The first-order valence-electron chi connectivity index (χ1n) is 6.79. The molecule has 3 N–H and O–H groups in total. The fourth-order valence-electron chi connectivity index (χ4n) is 1.92. The average molecular weight is 253 g/mol. The molecule has 0 fully saturated rings. The number of nitrogens with one attached hydrogen (secondary N) is 2. The first-order valence-corrected chi connectivity index (χ1v) is 6.79. The van der Waals surface area contributed by atoms with Crippen LogP contribution in [0.5, 0.6) is 0 Å². The number of aliphatic imine (C=N–C) groups is 1. The molecular formula is C14H27N3O. The van der Waals surface area contributed by atoms with Crippen molar-refractivity contribution >= 4 is 5.96 Å². The quantitative estimate of drug-likeness (QED) is 0.349. The molecule has 0 rings (SSSR count). The van der Waals surface area contributed by atoms with Crippen LogP contribution in [0.3, 0.4) is 0 Å². The summed E-state index contributed by atoms with van der Waals surface area (Å²) in [6.45, 7) is 7.77. The summed E-state index contributed by atoms with van der Waals surface area (Å²) in [6, 6.07) is 0. The molecule has 0 aliphatic rings. The second-order valence-electron chi connectivity index (χ2n) is 4.48. The Hall–Kier alpha value is -1.21. The van der Waals surface area contributed by atoms with E-state index in [0.717, 1.165) is 32.2 Å². The zero-order chi connectivity index (χ0) is 13.9. The van der Waals surface area contributed by atoms with Gasteiger partial charge in [0.25, 0.3) is 0 Å². The number of rotatable bonds is 8. The van der Waals surface area contributed by atoms with Crippen LogP contribution in [0, 0.1) is 12.3 Å². The summed E-state index contributed by atoms with van der Waals surface area (Å²) in [5, 5.41) is 16.6. The van der Waals surface area contributed by atoms with E-state index in [4.69, 9.17) is 6.42 Å². The van der Waals surface area contributed by atoms with Gasteiger partial charge in [0.1, 0.15) is 0 Å². The van der Waals surface area contributed by atoms with E-state index in [9.17, 15) is 5.11 Å². The first-order chi connectivity index (χ1) is 8.61. The molecule has 0 spiro atoms. The van der Waals surface area contributed by atoms with E-state index in [1.165, 1.54) is 0 Å². The first kappa shape index (κ1) is 16.8. The standard InChI is InChI=1S/C14H27N3O/c1-5-9-14(18,10-6-2)12-17-13(15-8-4)16-11-7-3/h3,18H,5-6,8-12H2,1-2,4H3,(H2,15,16,17). The molecule has 0 bridgehead atoms. The van der Waals surface area contributed by atoms with Crippen LogP contribution in [0.2, 0.25) is 0 Å². The van der Waals surface area contributed by atoms with Gasteiger partial charge in [0, 0.05) is 6.54 Å². The number of hydrogen-bond acceptors (Lipinski definition) is 2. The van der Waals surface area contributed by atoms with E-state index in [0.29, 0.717) is 19.0 Å². The Kier molecular flexibility index (Phi) is 9.13. The maximum atomic E-state index is 10.5. The molecule has 18 heavy (non-hydrogen) atoms. The second kappa shape index (κ2) is 9.78. The predicted octanol–water partition coefficient (Wildman–Crippen LogP) is 1.51. The number of guanidine groups is 1. The van der Waals surface area contributed by atoms with Gasteiger partial charge in [-0.15, -0.1) is 6.42 Å². The summed E-state index contributed by atoms with van der Waals surface area (Å²) in [4.78, 5) is 4.41. The Labute approximate surface area is 111 Å². The Morgan fingerprint density at radius 1 is 1.22 bits per heavy atom. The minimum Gasteiger partial charge on any atom is -0.388 e. The smallest absolute Gasteiger partial charge is 0.192 e. The van der Waals surface area contributed by atoms with Crippen molar-refractivity contribution < 1.29 is 5.11 Å². The zero-order valence-corrected chi connectivity index (χ0v) is 11.9. The fraction of sp³-hybridized carbons (Fsp3) is 0.786. The lowest BCUT2D eigenvalue weighted by atomic mass is 9.93. The predicted molar refractivity (Wildman–Crippen MR) is 77.6 cm³/mol. The molecule has 0 radical (unpaired) electrons. The molecule has 0 aromatic heterocycles. The van der Waals surface area contributed by atoms with E-state index in [2.05, 4.69) is 35.4 Å². The average Bonchev–Trinajstić information content (AvgIpc) is 2.33. The van der Waals surface area contributed by atoms with E-state index >= 15 is 0 Å². The van der Waals surface area contributed by atoms with E-state index < -0.39 is 5.60 Å². The van der Waals surface area contributed by atoms with Crippen molar-refractivity contribution in [3.63, 3.8) is 0 Å². The van der Waals surface area contributed by atoms with Crippen molar-refractivity contribution in [2.75, 3.05) is 19.6 Å². The molecule has 4 heteroatoms. The highest BCUT2D eigenvalue weighted by Crippen LogP contribution is 2.19. The van der Waals surface area contributed by atoms with Gasteiger partial charge in [-0.1, -0.05) is 32.6 Å². The van der Waals surface area contributed by atoms with E-state index in [1.54, 1.807) is 0 Å². The summed E-state index contributed by atoms with van der Waals surface area (Å²) in [6.07, 6.45) is 8.68. The highest BCUT2D eigenvalue weighted by atomic mass is 16.3.